The lowest BCUT2D eigenvalue weighted by atomic mass is 9.91. The fourth-order valence-electron chi connectivity index (χ4n) is 11.5. The van der Waals surface area contributed by atoms with Gasteiger partial charge in [0.25, 0.3) is 0 Å². The van der Waals surface area contributed by atoms with Crippen LogP contribution in [0.5, 0.6) is 0 Å². The molecule has 26 nitrogen and oxygen atoms in total. The van der Waals surface area contributed by atoms with Gasteiger partial charge in [0.15, 0.2) is 0 Å². The molecule has 0 bridgehead atoms. The van der Waals surface area contributed by atoms with Crippen molar-refractivity contribution >= 4 is 82.7 Å². The summed E-state index contributed by atoms with van der Waals surface area (Å²) in [6.45, 7) is 28.3. The van der Waals surface area contributed by atoms with Crippen LogP contribution in [0.25, 0.3) is 0 Å². The Morgan fingerprint density at radius 2 is 1.08 bits per heavy atom. The number of thioether (sulfide) groups is 1. The van der Waals surface area contributed by atoms with Gasteiger partial charge in [0.2, 0.25) is 65.0 Å². The third-order valence-electron chi connectivity index (χ3n) is 17.5. The Labute approximate surface area is 576 Å². The first-order valence-electron chi connectivity index (χ1n) is 33.8. The van der Waals surface area contributed by atoms with Gasteiger partial charge in [-0.25, -0.2) is 0 Å². The van der Waals surface area contributed by atoms with E-state index >= 15 is 28.8 Å². The molecule has 27 heteroatoms. The molecule has 11 amide bonds. The second-order valence-electron chi connectivity index (χ2n) is 28.3. The fourth-order valence-corrected chi connectivity index (χ4v) is 12.7. The van der Waals surface area contributed by atoms with Crippen LogP contribution in [0.15, 0.2) is 23.8 Å². The number of unbranched alkanes of at least 4 members (excludes halogenated alkanes) is 1. The molecule has 6 N–H and O–H groups in total. The highest BCUT2D eigenvalue weighted by molar-refractivity contribution is 7.99. The van der Waals surface area contributed by atoms with E-state index in [2.05, 4.69) is 21.3 Å². The molecule has 13 atom stereocenters. The number of rotatable bonds is 21. The van der Waals surface area contributed by atoms with E-state index in [1.54, 1.807) is 80.5 Å². The number of carbonyl (C=O) groups excluding carboxylic acids is 12. The molecule has 1 aliphatic heterocycles. The van der Waals surface area contributed by atoms with Crippen molar-refractivity contribution in [2.24, 2.45) is 29.6 Å². The molecule has 0 aromatic carbocycles. The van der Waals surface area contributed by atoms with E-state index in [-0.39, 0.29) is 56.1 Å². The summed E-state index contributed by atoms with van der Waals surface area (Å²) >= 11 is 1.28. The molecule has 1 rings (SSSR count). The van der Waals surface area contributed by atoms with Crippen LogP contribution in [0.1, 0.15) is 169 Å². The topological polar surface area (TPSA) is 325 Å². The van der Waals surface area contributed by atoms with Gasteiger partial charge in [-0.05, 0) is 122 Å². The van der Waals surface area contributed by atoms with Crippen LogP contribution in [0.2, 0.25) is 0 Å². The van der Waals surface area contributed by atoms with Crippen LogP contribution in [-0.4, -0.2) is 262 Å². The largest absolute Gasteiger partial charge is 0.469 e. The van der Waals surface area contributed by atoms with Gasteiger partial charge in [-0.1, -0.05) is 93.0 Å². The second kappa shape index (κ2) is 40.3. The van der Waals surface area contributed by atoms with Gasteiger partial charge in [-0.15, -0.1) is 0 Å². The number of esters is 1. The summed E-state index contributed by atoms with van der Waals surface area (Å²) in [5, 5.41) is 34.6. The van der Waals surface area contributed by atoms with Crippen molar-refractivity contribution in [3.8, 4) is 0 Å². The smallest absolute Gasteiger partial charge is 0.305 e. The van der Waals surface area contributed by atoms with Crippen molar-refractivity contribution in [3.05, 3.63) is 23.8 Å². The summed E-state index contributed by atoms with van der Waals surface area (Å²) in [6.07, 6.45) is 4.64. The quantitative estimate of drug-likeness (QED) is 0.0542. The van der Waals surface area contributed by atoms with Gasteiger partial charge in [-0.3, -0.25) is 57.5 Å². The summed E-state index contributed by atoms with van der Waals surface area (Å²) in [4.78, 5) is 184. The molecule has 548 valence electrons. The molecule has 0 saturated carbocycles. The fraction of sp³-hybridized carbons (Fsp3) is 0.768. The summed E-state index contributed by atoms with van der Waals surface area (Å²) < 4.78 is 4.80. The van der Waals surface area contributed by atoms with Crippen molar-refractivity contribution in [3.63, 3.8) is 0 Å². The predicted molar refractivity (Wildman–Crippen MR) is 372 cm³/mol. The minimum Gasteiger partial charge on any atom is -0.469 e. The Morgan fingerprint density at radius 1 is 0.583 bits per heavy atom. The van der Waals surface area contributed by atoms with E-state index in [4.69, 9.17) is 4.74 Å². The van der Waals surface area contributed by atoms with E-state index in [0.717, 1.165) is 19.6 Å². The SMILES string of the molecule is C/C=C/C[C@@H](C)[C@@H](O)[C@H]1C(=O)N[C@@H](CC)C(=O)N(C)[C@H](CSCCCCC(=O)OC)C(=O)N(C)[C@@H](CC(C)(C)O)C(=O)N[C@H](C(C)C)C(=O)N(C)[C@H](CC(C)C)C(=O)N[C@H](C)C(=O)N[C@@H](C)C(=O)N(C)[C@@H](C=C(C)C)C(=O)N(C)[C@@H](CC(C)C)C(=O)N(C)[C@@H](C(C)C)C(=O)N1C. The Bertz CT molecular complexity index is 2710. The maximum Gasteiger partial charge on any atom is 0.305 e. The molecule has 0 aliphatic carbocycles. The summed E-state index contributed by atoms with van der Waals surface area (Å²) in [5.41, 5.74) is -0.986. The molecule has 0 aromatic heterocycles. The minimum atomic E-state index is -1.69. The third-order valence-corrected chi connectivity index (χ3v) is 18.6. The summed E-state index contributed by atoms with van der Waals surface area (Å²) in [7, 11) is 10.9. The van der Waals surface area contributed by atoms with E-state index in [9.17, 15) is 39.0 Å². The average molecular weight is 1380 g/mol. The number of ether oxygens (including phenoxy) is 1. The van der Waals surface area contributed by atoms with E-state index in [1.807, 2.05) is 27.7 Å². The van der Waals surface area contributed by atoms with Crippen LogP contribution in [0, 0.1) is 29.6 Å². The third kappa shape index (κ3) is 25.7. The standard InChI is InChI=1S/C69H121N11O15S/c1-26-28-31-44(13)57(82)56-61(86)72-47(27-2)63(88)78(22)52(38-96-33-30-29-32-53(81)95-25)66(91)77(21)51(37-69(16,17)94)60(85)73-54(42(9)10)67(92)74(18)48(34-39(3)4)59(84)70-45(14)58(83)71-46(15)62(87)75(19)49(35-40(5)6)64(89)76(20)50(36-41(7)8)65(90)79(23)55(43(11)12)68(93)80(56)24/h26,28,35,39,41-52,54-57,82,94H,27,29-34,36-38H2,1-25H3,(H,70,84)(H,71,83)(H,72,86)(H,73,85)/b28-26+/t44-,45-,46+,47+,48-,49+,50+,51+,52-,54-,55+,56+,57-/m1/s1. The lowest BCUT2D eigenvalue weighted by Crippen LogP contribution is -2.64. The number of carbonyl (C=O) groups is 12. The predicted octanol–water partition coefficient (Wildman–Crippen LogP) is 3.75. The lowest BCUT2D eigenvalue weighted by molar-refractivity contribution is -0.157. The Hall–Kier alpha value is -6.61. The zero-order valence-corrected chi connectivity index (χ0v) is 63.2. The summed E-state index contributed by atoms with van der Waals surface area (Å²) in [6, 6.07) is -15.0. The lowest BCUT2D eigenvalue weighted by Gasteiger charge is -2.41. The molecule has 1 fully saturated rings. The van der Waals surface area contributed by atoms with E-state index < -0.39 is 167 Å². The average Bonchev–Trinajstić information content (AvgIpc) is 0.852. The van der Waals surface area contributed by atoms with Crippen LogP contribution < -0.4 is 21.3 Å². The normalized spacial score (nSPS) is 25.9. The molecule has 1 heterocycles. The molecule has 0 radical (unpaired) electrons. The number of amides is 11. The first-order valence-corrected chi connectivity index (χ1v) is 34.9. The van der Waals surface area contributed by atoms with Crippen molar-refractivity contribution < 1.29 is 72.5 Å². The molecule has 96 heavy (non-hydrogen) atoms. The number of methoxy groups -OCH3 is 1. The number of aliphatic hydroxyl groups is 2. The van der Waals surface area contributed by atoms with Crippen LogP contribution in [-0.2, 0) is 62.3 Å². The molecule has 1 saturated heterocycles. The molecule has 1 aliphatic rings. The van der Waals surface area contributed by atoms with Gasteiger partial charge in [-0.2, -0.15) is 11.8 Å². The Kier molecular flexibility index (Phi) is 36.7. The van der Waals surface area contributed by atoms with E-state index in [0.29, 0.717) is 24.2 Å². The van der Waals surface area contributed by atoms with Gasteiger partial charge in [0.1, 0.15) is 66.5 Å². The van der Waals surface area contributed by atoms with Gasteiger partial charge >= 0.3 is 5.97 Å². The first kappa shape index (κ1) is 87.4. The molecular weight excluding hydrogens is 1250 g/mol. The molecule has 0 spiro atoms. The van der Waals surface area contributed by atoms with E-state index in [1.165, 1.54) is 111 Å². The number of aliphatic hydroxyl groups excluding tert-OH is 1. The van der Waals surface area contributed by atoms with Gasteiger partial charge in [0.05, 0.1) is 18.8 Å². The number of hydrogen-bond acceptors (Lipinski definition) is 16. The van der Waals surface area contributed by atoms with Crippen LogP contribution in [0.3, 0.4) is 0 Å². The van der Waals surface area contributed by atoms with Gasteiger partial charge in [0, 0.05) is 67.9 Å². The van der Waals surface area contributed by atoms with Gasteiger partial charge < -0.3 is 70.5 Å². The van der Waals surface area contributed by atoms with Crippen molar-refractivity contribution in [1.82, 2.24) is 55.6 Å². The second-order valence-corrected chi connectivity index (χ2v) is 29.5. The highest BCUT2D eigenvalue weighted by atomic mass is 32.2. The Morgan fingerprint density at radius 3 is 1.58 bits per heavy atom. The maximum atomic E-state index is 15.4. The zero-order chi connectivity index (χ0) is 74.3. The van der Waals surface area contributed by atoms with Crippen molar-refractivity contribution in [1.29, 1.82) is 0 Å². The molecular formula is C69H121N11O15S. The highest BCUT2D eigenvalue weighted by Gasteiger charge is 2.46. The number of nitrogens with one attached hydrogen (secondary N) is 4. The minimum absolute atomic E-state index is 0.0652. The number of hydrogen-bond donors (Lipinski definition) is 6. The summed E-state index contributed by atoms with van der Waals surface area (Å²) in [5.74, 6) is -10.8. The molecule has 0 aromatic rings. The zero-order valence-electron chi connectivity index (χ0n) is 62.4. The first-order chi connectivity index (χ1) is 44.4. The highest BCUT2D eigenvalue weighted by Crippen LogP contribution is 2.27. The van der Waals surface area contributed by atoms with Crippen LogP contribution >= 0.6 is 11.8 Å². The van der Waals surface area contributed by atoms with Crippen molar-refractivity contribution in [2.45, 2.75) is 247 Å². The van der Waals surface area contributed by atoms with Crippen molar-refractivity contribution in [2.75, 3.05) is 67.9 Å². The Balaban J connectivity index is 4.58. The maximum absolute atomic E-state index is 15.4. The number of allylic oxidation sites excluding steroid dienone is 3. The number of likely N-dealkylation sites (N-methyl/N-ethyl adjacent to an activating group) is 7. The monoisotopic (exact) mass is 1380 g/mol. The number of nitrogens with zero attached hydrogens (tertiary/aromatic N) is 7. The van der Waals surface area contributed by atoms with Crippen LogP contribution in [0.4, 0.5) is 0 Å². The molecule has 0 unspecified atom stereocenters.